The lowest BCUT2D eigenvalue weighted by Gasteiger charge is -2.35. The van der Waals surface area contributed by atoms with E-state index in [1.807, 2.05) is 38.1 Å². The van der Waals surface area contributed by atoms with E-state index >= 15 is 0 Å². The molecule has 34 heavy (non-hydrogen) atoms. The summed E-state index contributed by atoms with van der Waals surface area (Å²) in [5, 5.41) is 5.75. The molecule has 0 aliphatic heterocycles. The van der Waals surface area contributed by atoms with Gasteiger partial charge in [-0.2, -0.15) is 12.6 Å². The summed E-state index contributed by atoms with van der Waals surface area (Å²) in [4.78, 5) is 41.5. The van der Waals surface area contributed by atoms with E-state index in [-0.39, 0.29) is 35.6 Å². The Balaban J connectivity index is 2.40. The molecule has 5 atom stereocenters. The second-order valence-corrected chi connectivity index (χ2v) is 10.8. The van der Waals surface area contributed by atoms with E-state index in [9.17, 15) is 14.4 Å². The third kappa shape index (κ3) is 7.93. The van der Waals surface area contributed by atoms with Crippen LogP contribution in [0.2, 0.25) is 0 Å². The Bertz CT molecular complexity index is 853. The van der Waals surface area contributed by atoms with E-state index in [1.54, 1.807) is 25.7 Å². The Hall–Kier alpha value is -2.22. The second kappa shape index (κ2) is 12.0. The van der Waals surface area contributed by atoms with Crippen LogP contribution in [0.3, 0.4) is 0 Å². The number of hydrogen-bond donors (Lipinski definition) is 3. The molecule has 1 aromatic rings. The van der Waals surface area contributed by atoms with E-state index in [1.165, 1.54) is 0 Å². The van der Waals surface area contributed by atoms with Gasteiger partial charge in [0.15, 0.2) is 0 Å². The van der Waals surface area contributed by atoms with Crippen LogP contribution >= 0.6 is 12.6 Å². The molecular formula is C26H41N3O4S. The van der Waals surface area contributed by atoms with Crippen molar-refractivity contribution in [2.24, 2.45) is 5.92 Å². The smallest absolute Gasteiger partial charge is 0.408 e. The summed E-state index contributed by atoms with van der Waals surface area (Å²) in [7, 11) is 0. The van der Waals surface area contributed by atoms with Crippen LogP contribution in [0.4, 0.5) is 4.79 Å². The van der Waals surface area contributed by atoms with Gasteiger partial charge in [-0.05, 0) is 58.9 Å². The zero-order chi connectivity index (χ0) is 25.6. The zero-order valence-electron chi connectivity index (χ0n) is 21.6. The average Bonchev–Trinajstić information content (AvgIpc) is 3.45. The number of carbonyl (C=O) groups is 3. The van der Waals surface area contributed by atoms with Gasteiger partial charge in [-0.3, -0.25) is 9.59 Å². The van der Waals surface area contributed by atoms with Crippen molar-refractivity contribution in [2.75, 3.05) is 5.75 Å². The molecule has 0 heterocycles. The fraction of sp³-hybridized carbons (Fsp3) is 0.654. The minimum atomic E-state index is -0.917. The summed E-state index contributed by atoms with van der Waals surface area (Å²) in [6.45, 7) is 13.4. The number of aryl methyl sites for hydroxylation is 1. The topological polar surface area (TPSA) is 87.7 Å². The minimum Gasteiger partial charge on any atom is -0.444 e. The van der Waals surface area contributed by atoms with Crippen LogP contribution in [0.1, 0.15) is 78.0 Å². The molecule has 1 aromatic carbocycles. The van der Waals surface area contributed by atoms with E-state index < -0.39 is 23.8 Å². The van der Waals surface area contributed by atoms with Crippen molar-refractivity contribution in [3.8, 4) is 0 Å². The summed E-state index contributed by atoms with van der Waals surface area (Å²) >= 11 is 4.33. The first-order valence-electron chi connectivity index (χ1n) is 12.2. The van der Waals surface area contributed by atoms with E-state index in [0.29, 0.717) is 0 Å². The molecule has 0 spiro atoms. The van der Waals surface area contributed by atoms with Crippen LogP contribution in [0.5, 0.6) is 0 Å². The highest BCUT2D eigenvalue weighted by atomic mass is 32.1. The Morgan fingerprint density at radius 1 is 1.18 bits per heavy atom. The Labute approximate surface area is 209 Å². The van der Waals surface area contributed by atoms with Gasteiger partial charge in [-0.1, -0.05) is 50.1 Å². The minimum absolute atomic E-state index is 0.0143. The number of amides is 3. The summed E-state index contributed by atoms with van der Waals surface area (Å²) in [5.41, 5.74) is 1.12. The lowest BCUT2D eigenvalue weighted by atomic mass is 10.0. The number of rotatable bonds is 10. The van der Waals surface area contributed by atoms with Crippen LogP contribution < -0.4 is 10.6 Å². The molecule has 0 radical (unpaired) electrons. The predicted octanol–water partition coefficient (Wildman–Crippen LogP) is 4.40. The maximum atomic E-state index is 13.8. The van der Waals surface area contributed by atoms with Gasteiger partial charge in [0.1, 0.15) is 17.7 Å². The van der Waals surface area contributed by atoms with Gasteiger partial charge in [-0.25, -0.2) is 4.79 Å². The van der Waals surface area contributed by atoms with Gasteiger partial charge in [-0.15, -0.1) is 0 Å². The first-order valence-corrected chi connectivity index (χ1v) is 12.8. The lowest BCUT2D eigenvalue weighted by Crippen LogP contribution is -2.55. The number of hydrogen-bond acceptors (Lipinski definition) is 5. The molecule has 8 heteroatoms. The first kappa shape index (κ1) is 28.0. The molecule has 2 rings (SSSR count). The van der Waals surface area contributed by atoms with Crippen molar-refractivity contribution >= 4 is 30.5 Å². The summed E-state index contributed by atoms with van der Waals surface area (Å²) in [6, 6.07) is 5.86. The number of alkyl carbamates (subject to hydrolysis) is 1. The van der Waals surface area contributed by atoms with Gasteiger partial charge >= 0.3 is 6.09 Å². The van der Waals surface area contributed by atoms with Gasteiger partial charge in [0.05, 0.1) is 0 Å². The zero-order valence-corrected chi connectivity index (χ0v) is 22.4. The number of benzene rings is 1. The van der Waals surface area contributed by atoms with Crippen LogP contribution in [0, 0.1) is 12.8 Å². The van der Waals surface area contributed by atoms with Gasteiger partial charge in [0.2, 0.25) is 11.8 Å². The summed E-state index contributed by atoms with van der Waals surface area (Å²) in [5.74, 6) is -0.198. The van der Waals surface area contributed by atoms with Crippen molar-refractivity contribution in [2.45, 2.75) is 97.5 Å². The van der Waals surface area contributed by atoms with E-state index in [0.717, 1.165) is 30.4 Å². The summed E-state index contributed by atoms with van der Waals surface area (Å²) < 4.78 is 5.35. The highest BCUT2D eigenvalue weighted by molar-refractivity contribution is 7.80. The molecule has 0 bridgehead atoms. The van der Waals surface area contributed by atoms with Crippen molar-refractivity contribution in [1.82, 2.24) is 15.5 Å². The van der Waals surface area contributed by atoms with Crippen LogP contribution in [0.25, 0.3) is 0 Å². The fourth-order valence-corrected chi connectivity index (χ4v) is 4.25. The SMILES string of the molecule is CCCC(C)NC(=O)C(c1ccc(C)cc1)N(C(=O)C(CS)NC(=O)OC(C)(C)C)C1CC1C. The highest BCUT2D eigenvalue weighted by Crippen LogP contribution is 2.40. The molecule has 190 valence electrons. The molecule has 7 nitrogen and oxygen atoms in total. The number of thiol groups is 1. The quantitative estimate of drug-likeness (QED) is 0.423. The number of carbonyl (C=O) groups excluding carboxylic acids is 3. The van der Waals surface area contributed by atoms with Crippen LogP contribution in [0.15, 0.2) is 24.3 Å². The predicted molar refractivity (Wildman–Crippen MR) is 138 cm³/mol. The van der Waals surface area contributed by atoms with Crippen LogP contribution in [-0.4, -0.2) is 52.3 Å². The second-order valence-electron chi connectivity index (χ2n) is 10.4. The Morgan fingerprint density at radius 2 is 1.76 bits per heavy atom. The summed E-state index contributed by atoms with van der Waals surface area (Å²) in [6.07, 6.45) is 1.91. The maximum Gasteiger partial charge on any atom is 0.408 e. The van der Waals surface area contributed by atoms with Crippen molar-refractivity contribution < 1.29 is 19.1 Å². The van der Waals surface area contributed by atoms with Gasteiger partial charge in [0, 0.05) is 17.8 Å². The van der Waals surface area contributed by atoms with Gasteiger partial charge in [0.25, 0.3) is 0 Å². The molecule has 0 saturated heterocycles. The molecule has 1 aliphatic carbocycles. The molecule has 3 amide bonds. The fourth-order valence-electron chi connectivity index (χ4n) is 4.00. The number of nitrogens with zero attached hydrogens (tertiary/aromatic N) is 1. The monoisotopic (exact) mass is 491 g/mol. The van der Waals surface area contributed by atoms with Crippen LogP contribution in [-0.2, 0) is 14.3 Å². The third-order valence-electron chi connectivity index (χ3n) is 5.88. The highest BCUT2D eigenvalue weighted by Gasteiger charge is 2.48. The first-order chi connectivity index (χ1) is 15.9. The van der Waals surface area contributed by atoms with Crippen molar-refractivity contribution in [3.63, 3.8) is 0 Å². The normalized spacial score (nSPS) is 20.0. The maximum absolute atomic E-state index is 13.8. The largest absolute Gasteiger partial charge is 0.444 e. The van der Waals surface area contributed by atoms with E-state index in [2.05, 4.69) is 37.1 Å². The standard InChI is InChI=1S/C26H41N3O4S/c1-8-9-18(4)27-23(30)22(19-12-10-16(2)11-13-19)29(21-14-17(21)3)24(31)20(15-34)28-25(32)33-26(5,6)7/h10-13,17-18,20-22,34H,8-9,14-15H2,1-7H3,(H,27,30)(H,28,32). The molecule has 1 fully saturated rings. The van der Waals surface area contributed by atoms with Gasteiger partial charge < -0.3 is 20.3 Å². The Morgan fingerprint density at radius 3 is 2.24 bits per heavy atom. The molecule has 2 N–H and O–H groups in total. The lowest BCUT2D eigenvalue weighted by molar-refractivity contribution is -0.143. The van der Waals surface area contributed by atoms with Crippen molar-refractivity contribution in [1.29, 1.82) is 0 Å². The number of ether oxygens (including phenoxy) is 1. The molecule has 5 unspecified atom stereocenters. The molecule has 1 aliphatic rings. The van der Waals surface area contributed by atoms with Crippen molar-refractivity contribution in [3.05, 3.63) is 35.4 Å². The molecule has 0 aromatic heterocycles. The molecular weight excluding hydrogens is 450 g/mol. The average molecular weight is 492 g/mol. The number of nitrogens with one attached hydrogen (secondary N) is 2. The van der Waals surface area contributed by atoms with E-state index in [4.69, 9.17) is 4.74 Å². The Kier molecular flexibility index (Phi) is 9.85. The third-order valence-corrected chi connectivity index (χ3v) is 6.25. The molecule has 1 saturated carbocycles.